The van der Waals surface area contributed by atoms with Crippen molar-refractivity contribution in [1.82, 2.24) is 24.8 Å². The maximum absolute atomic E-state index is 4.56. The van der Waals surface area contributed by atoms with Crippen LogP contribution in [-0.4, -0.2) is 31.6 Å². The van der Waals surface area contributed by atoms with E-state index in [9.17, 15) is 0 Å². The SMILES string of the molecule is CC(C)NC1CCC(n2cnc3cnc4[nH]ccc4c32)CC1. The van der Waals surface area contributed by atoms with Crippen molar-refractivity contribution in [2.24, 2.45) is 0 Å². The Morgan fingerprint density at radius 2 is 2.05 bits per heavy atom. The van der Waals surface area contributed by atoms with E-state index in [1.165, 1.54) is 36.6 Å². The van der Waals surface area contributed by atoms with Crippen molar-refractivity contribution in [2.75, 3.05) is 0 Å². The predicted molar refractivity (Wildman–Crippen MR) is 88.9 cm³/mol. The molecule has 0 aliphatic heterocycles. The molecule has 0 bridgehead atoms. The predicted octanol–water partition coefficient (Wildman–Crippen LogP) is 3.39. The number of pyridine rings is 1. The van der Waals surface area contributed by atoms with Gasteiger partial charge in [0.05, 0.1) is 18.0 Å². The summed E-state index contributed by atoms with van der Waals surface area (Å²) in [6, 6.07) is 3.89. The van der Waals surface area contributed by atoms with E-state index >= 15 is 0 Å². The highest BCUT2D eigenvalue weighted by Crippen LogP contribution is 2.33. The maximum atomic E-state index is 4.56. The highest BCUT2D eigenvalue weighted by atomic mass is 15.1. The first-order valence-corrected chi connectivity index (χ1v) is 8.27. The first-order valence-electron chi connectivity index (χ1n) is 8.27. The van der Waals surface area contributed by atoms with Crippen molar-refractivity contribution in [1.29, 1.82) is 0 Å². The Kier molecular flexibility index (Phi) is 3.37. The molecule has 4 rings (SSSR count). The lowest BCUT2D eigenvalue weighted by molar-refractivity contribution is 0.284. The van der Waals surface area contributed by atoms with Gasteiger partial charge in [-0.2, -0.15) is 0 Å². The lowest BCUT2D eigenvalue weighted by atomic mass is 9.90. The van der Waals surface area contributed by atoms with Gasteiger partial charge in [-0.25, -0.2) is 9.97 Å². The van der Waals surface area contributed by atoms with Crippen LogP contribution in [0.1, 0.15) is 45.6 Å². The molecule has 0 unspecified atom stereocenters. The summed E-state index contributed by atoms with van der Waals surface area (Å²) in [6.45, 7) is 4.45. The van der Waals surface area contributed by atoms with E-state index in [0.29, 0.717) is 18.1 Å². The highest BCUT2D eigenvalue weighted by Gasteiger charge is 2.24. The Hall–Kier alpha value is -1.88. The van der Waals surface area contributed by atoms with Gasteiger partial charge in [0, 0.05) is 29.7 Å². The molecule has 0 radical (unpaired) electrons. The summed E-state index contributed by atoms with van der Waals surface area (Å²) >= 11 is 0. The number of nitrogens with zero attached hydrogens (tertiary/aromatic N) is 3. The van der Waals surface area contributed by atoms with E-state index in [-0.39, 0.29) is 0 Å². The van der Waals surface area contributed by atoms with Gasteiger partial charge in [0.25, 0.3) is 0 Å². The first-order chi connectivity index (χ1) is 10.7. The summed E-state index contributed by atoms with van der Waals surface area (Å²) < 4.78 is 2.37. The normalized spacial score (nSPS) is 22.9. The van der Waals surface area contributed by atoms with Gasteiger partial charge in [-0.1, -0.05) is 13.8 Å². The Morgan fingerprint density at radius 1 is 1.23 bits per heavy atom. The van der Waals surface area contributed by atoms with Gasteiger partial charge in [0.2, 0.25) is 0 Å². The zero-order valence-electron chi connectivity index (χ0n) is 13.2. The molecular formula is C17H23N5. The zero-order valence-corrected chi connectivity index (χ0v) is 13.2. The fraction of sp³-hybridized carbons (Fsp3) is 0.529. The minimum absolute atomic E-state index is 0.552. The van der Waals surface area contributed by atoms with Gasteiger partial charge in [0.1, 0.15) is 11.2 Å². The smallest absolute Gasteiger partial charge is 0.139 e. The van der Waals surface area contributed by atoms with Crippen LogP contribution in [0.15, 0.2) is 24.8 Å². The molecule has 1 aliphatic carbocycles. The molecular weight excluding hydrogens is 274 g/mol. The van der Waals surface area contributed by atoms with E-state index in [0.717, 1.165) is 11.2 Å². The van der Waals surface area contributed by atoms with E-state index in [4.69, 9.17) is 0 Å². The Balaban J connectivity index is 1.63. The molecule has 3 aromatic heterocycles. The molecule has 0 aromatic carbocycles. The van der Waals surface area contributed by atoms with Crippen LogP contribution in [0.5, 0.6) is 0 Å². The molecule has 5 heteroatoms. The zero-order chi connectivity index (χ0) is 15.1. The second-order valence-corrected chi connectivity index (χ2v) is 6.71. The highest BCUT2D eigenvalue weighted by molar-refractivity contribution is 6.00. The van der Waals surface area contributed by atoms with Crippen molar-refractivity contribution in [3.63, 3.8) is 0 Å². The summed E-state index contributed by atoms with van der Waals surface area (Å²) in [5.74, 6) is 0. The molecule has 2 N–H and O–H groups in total. The number of aromatic nitrogens is 4. The van der Waals surface area contributed by atoms with Gasteiger partial charge in [0.15, 0.2) is 0 Å². The monoisotopic (exact) mass is 297 g/mol. The second-order valence-electron chi connectivity index (χ2n) is 6.71. The molecule has 0 spiro atoms. The Labute approximate surface area is 130 Å². The van der Waals surface area contributed by atoms with E-state index in [1.807, 2.05) is 18.7 Å². The van der Waals surface area contributed by atoms with Crippen LogP contribution in [-0.2, 0) is 0 Å². The Morgan fingerprint density at radius 3 is 2.82 bits per heavy atom. The quantitative estimate of drug-likeness (QED) is 0.779. The van der Waals surface area contributed by atoms with Gasteiger partial charge in [-0.05, 0) is 31.7 Å². The molecule has 3 aromatic rings. The lowest BCUT2D eigenvalue weighted by Crippen LogP contribution is -2.37. The van der Waals surface area contributed by atoms with Crippen molar-refractivity contribution >= 4 is 22.1 Å². The summed E-state index contributed by atoms with van der Waals surface area (Å²) in [5, 5.41) is 4.85. The third-order valence-electron chi connectivity index (χ3n) is 4.78. The van der Waals surface area contributed by atoms with Crippen LogP contribution in [0, 0.1) is 0 Å². The molecule has 22 heavy (non-hydrogen) atoms. The number of rotatable bonds is 3. The number of nitrogens with one attached hydrogen (secondary N) is 2. The summed E-state index contributed by atoms with van der Waals surface area (Å²) in [4.78, 5) is 12.2. The van der Waals surface area contributed by atoms with E-state index in [1.54, 1.807) is 0 Å². The molecule has 3 heterocycles. The van der Waals surface area contributed by atoms with E-state index in [2.05, 4.69) is 44.7 Å². The average molecular weight is 297 g/mol. The number of hydrogen-bond donors (Lipinski definition) is 2. The molecule has 0 amide bonds. The molecule has 5 nitrogen and oxygen atoms in total. The number of H-pyrrole nitrogens is 1. The van der Waals surface area contributed by atoms with Crippen LogP contribution in [0.3, 0.4) is 0 Å². The third kappa shape index (κ3) is 2.29. The number of hydrogen-bond acceptors (Lipinski definition) is 3. The molecule has 1 fully saturated rings. The van der Waals surface area contributed by atoms with Gasteiger partial charge >= 0.3 is 0 Å². The van der Waals surface area contributed by atoms with E-state index < -0.39 is 0 Å². The molecule has 116 valence electrons. The maximum Gasteiger partial charge on any atom is 0.139 e. The van der Waals surface area contributed by atoms with Crippen LogP contribution in [0.25, 0.3) is 22.1 Å². The average Bonchev–Trinajstić information content (AvgIpc) is 3.13. The van der Waals surface area contributed by atoms with Crippen LogP contribution < -0.4 is 5.32 Å². The second kappa shape index (κ2) is 5.39. The van der Waals surface area contributed by atoms with Crippen molar-refractivity contribution in [3.05, 3.63) is 24.8 Å². The topological polar surface area (TPSA) is 58.5 Å². The Bertz CT molecular complexity index is 777. The van der Waals surface area contributed by atoms with Crippen LogP contribution >= 0.6 is 0 Å². The van der Waals surface area contributed by atoms with Gasteiger partial charge in [-0.15, -0.1) is 0 Å². The molecule has 1 aliphatic rings. The molecule has 1 saturated carbocycles. The fourth-order valence-corrected chi connectivity index (χ4v) is 3.80. The van der Waals surface area contributed by atoms with Crippen LogP contribution in [0.2, 0.25) is 0 Å². The number of imidazole rings is 1. The van der Waals surface area contributed by atoms with Gasteiger partial charge < -0.3 is 14.9 Å². The first kappa shape index (κ1) is 13.8. The summed E-state index contributed by atoms with van der Waals surface area (Å²) in [6.07, 6.45) is 10.7. The van der Waals surface area contributed by atoms with Gasteiger partial charge in [-0.3, -0.25) is 0 Å². The minimum Gasteiger partial charge on any atom is -0.346 e. The molecule has 0 atom stereocenters. The number of fused-ring (bicyclic) bond motifs is 3. The largest absolute Gasteiger partial charge is 0.346 e. The fourth-order valence-electron chi connectivity index (χ4n) is 3.80. The van der Waals surface area contributed by atoms with Crippen molar-refractivity contribution in [2.45, 2.75) is 57.7 Å². The molecule has 0 saturated heterocycles. The minimum atomic E-state index is 0.552. The number of aromatic amines is 1. The summed E-state index contributed by atoms with van der Waals surface area (Å²) in [7, 11) is 0. The van der Waals surface area contributed by atoms with Crippen molar-refractivity contribution in [3.8, 4) is 0 Å². The lowest BCUT2D eigenvalue weighted by Gasteiger charge is -2.31. The standard InChI is InChI=1S/C17H23N5/c1-11(2)21-12-3-5-13(6-4-12)22-10-20-15-9-19-17-14(16(15)22)7-8-18-17/h7-13,21H,3-6H2,1-2H3,(H,18,19). The van der Waals surface area contributed by atoms with Crippen molar-refractivity contribution < 1.29 is 0 Å². The third-order valence-corrected chi connectivity index (χ3v) is 4.78. The van der Waals surface area contributed by atoms with Crippen LogP contribution in [0.4, 0.5) is 0 Å². The summed E-state index contributed by atoms with van der Waals surface area (Å²) in [5.41, 5.74) is 3.17.